The van der Waals surface area contributed by atoms with Crippen LogP contribution in [0.1, 0.15) is 28.8 Å². The average molecular weight is 374 g/mol. The highest BCUT2D eigenvalue weighted by Crippen LogP contribution is 2.29. The largest absolute Gasteiger partial charge is 0.308 e. The van der Waals surface area contributed by atoms with Crippen LogP contribution in [0.4, 0.5) is 11.4 Å². The second-order valence-electron chi connectivity index (χ2n) is 6.29. The second-order valence-corrected chi connectivity index (χ2v) is 8.30. The first kappa shape index (κ1) is 18.1. The minimum atomic E-state index is -3.69. The molecule has 2 aromatic carbocycles. The quantitative estimate of drug-likeness (QED) is 0.608. The van der Waals surface area contributed by atoms with Gasteiger partial charge in [0.15, 0.2) is 9.84 Å². The Balaban J connectivity index is 2.10. The molecule has 1 heterocycles. The summed E-state index contributed by atoms with van der Waals surface area (Å²) in [4.78, 5) is 24.9. The van der Waals surface area contributed by atoms with Gasteiger partial charge in [-0.05, 0) is 37.0 Å². The van der Waals surface area contributed by atoms with E-state index in [0.717, 1.165) is 48.9 Å². The molecular weight excluding hydrogens is 356 g/mol. The summed E-state index contributed by atoms with van der Waals surface area (Å²) in [7, 11) is -3.69. The molecule has 0 saturated carbocycles. The molecule has 136 valence electrons. The number of nitro groups is 1. The van der Waals surface area contributed by atoms with Crippen LogP contribution < -0.4 is 4.90 Å². The standard InChI is InChI=1S/C18H18N2O5S/c1-26(24,25)16-11-14(10-15(12-16)20(22)23)18(21)19-9-5-4-7-13-6-2-3-8-17(13)19/h2-3,6,8,10-12H,4-5,7,9H2,1H3. The number of benzene rings is 2. The van der Waals surface area contributed by atoms with Gasteiger partial charge in [0.05, 0.1) is 9.82 Å². The summed E-state index contributed by atoms with van der Waals surface area (Å²) >= 11 is 0. The Hall–Kier alpha value is -2.74. The lowest BCUT2D eigenvalue weighted by atomic mass is 10.1. The van der Waals surface area contributed by atoms with Crippen molar-refractivity contribution in [1.29, 1.82) is 0 Å². The molecule has 1 aliphatic rings. The molecule has 0 radical (unpaired) electrons. The summed E-state index contributed by atoms with van der Waals surface area (Å²) in [6.07, 6.45) is 3.55. The van der Waals surface area contributed by atoms with Gasteiger partial charge in [-0.25, -0.2) is 8.42 Å². The first-order chi connectivity index (χ1) is 12.3. The van der Waals surface area contributed by atoms with Gasteiger partial charge in [0.25, 0.3) is 11.6 Å². The lowest BCUT2D eigenvalue weighted by molar-refractivity contribution is -0.385. The Morgan fingerprint density at radius 2 is 1.88 bits per heavy atom. The highest BCUT2D eigenvalue weighted by atomic mass is 32.2. The Morgan fingerprint density at radius 1 is 1.15 bits per heavy atom. The van der Waals surface area contributed by atoms with Crippen molar-refractivity contribution in [2.45, 2.75) is 24.2 Å². The smallest absolute Gasteiger partial charge is 0.271 e. The number of amides is 1. The topological polar surface area (TPSA) is 97.6 Å². The number of nitro benzene ring substituents is 1. The van der Waals surface area contributed by atoms with Crippen molar-refractivity contribution in [3.05, 3.63) is 63.7 Å². The molecule has 0 bridgehead atoms. The van der Waals surface area contributed by atoms with Gasteiger partial charge >= 0.3 is 0 Å². The van der Waals surface area contributed by atoms with E-state index in [0.29, 0.717) is 6.54 Å². The number of nitrogens with zero attached hydrogens (tertiary/aromatic N) is 2. The zero-order valence-corrected chi connectivity index (χ0v) is 15.0. The van der Waals surface area contributed by atoms with E-state index in [9.17, 15) is 23.3 Å². The minimum Gasteiger partial charge on any atom is -0.308 e. The lowest BCUT2D eigenvalue weighted by Crippen LogP contribution is -2.32. The minimum absolute atomic E-state index is 0.00340. The van der Waals surface area contributed by atoms with Crippen LogP contribution in [-0.2, 0) is 16.3 Å². The Kier molecular flexibility index (Phi) is 4.78. The monoisotopic (exact) mass is 374 g/mol. The Morgan fingerprint density at radius 3 is 2.58 bits per heavy atom. The van der Waals surface area contributed by atoms with E-state index < -0.39 is 26.4 Å². The summed E-state index contributed by atoms with van der Waals surface area (Å²) in [6, 6.07) is 10.8. The number of rotatable bonds is 3. The number of carbonyl (C=O) groups is 1. The van der Waals surface area contributed by atoms with E-state index in [1.54, 1.807) is 4.90 Å². The van der Waals surface area contributed by atoms with Crippen molar-refractivity contribution in [2.24, 2.45) is 0 Å². The van der Waals surface area contributed by atoms with Gasteiger partial charge in [0.1, 0.15) is 0 Å². The number of para-hydroxylation sites is 1. The van der Waals surface area contributed by atoms with Gasteiger partial charge < -0.3 is 4.90 Å². The molecule has 0 aliphatic carbocycles. The molecule has 7 nitrogen and oxygen atoms in total. The molecule has 1 amide bonds. The summed E-state index contributed by atoms with van der Waals surface area (Å²) in [5.41, 5.74) is 1.38. The first-order valence-corrected chi connectivity index (χ1v) is 10.1. The van der Waals surface area contributed by atoms with Crippen LogP contribution in [0.5, 0.6) is 0 Å². The number of sulfone groups is 1. The zero-order chi connectivity index (χ0) is 18.9. The van der Waals surface area contributed by atoms with Crippen molar-refractivity contribution in [3.8, 4) is 0 Å². The summed E-state index contributed by atoms with van der Waals surface area (Å²) in [6.45, 7) is 0.479. The SMILES string of the molecule is CS(=O)(=O)c1cc(C(=O)N2CCCCc3ccccc32)cc([N+](=O)[O-])c1. The number of hydrogen-bond acceptors (Lipinski definition) is 5. The van der Waals surface area contributed by atoms with Crippen LogP contribution in [0.2, 0.25) is 0 Å². The molecule has 0 fully saturated rings. The molecule has 0 aromatic heterocycles. The van der Waals surface area contributed by atoms with E-state index in [1.807, 2.05) is 24.3 Å². The van der Waals surface area contributed by atoms with Crippen molar-refractivity contribution in [2.75, 3.05) is 17.7 Å². The number of non-ortho nitro benzene ring substituents is 1. The fraction of sp³-hybridized carbons (Fsp3) is 0.278. The molecule has 0 N–H and O–H groups in total. The van der Waals surface area contributed by atoms with Crippen molar-refractivity contribution < 1.29 is 18.1 Å². The molecular formula is C18H18N2O5S. The summed E-state index contributed by atoms with van der Waals surface area (Å²) < 4.78 is 23.7. The molecule has 0 unspecified atom stereocenters. The first-order valence-electron chi connectivity index (χ1n) is 8.16. The fourth-order valence-electron chi connectivity index (χ4n) is 3.08. The third-order valence-electron chi connectivity index (χ3n) is 4.38. The highest BCUT2D eigenvalue weighted by molar-refractivity contribution is 7.90. The van der Waals surface area contributed by atoms with Crippen molar-refractivity contribution >= 4 is 27.1 Å². The van der Waals surface area contributed by atoms with Crippen LogP contribution in [-0.4, -0.2) is 32.0 Å². The third kappa shape index (κ3) is 3.60. The maximum absolute atomic E-state index is 13.1. The average Bonchev–Trinajstić information content (AvgIpc) is 2.82. The van der Waals surface area contributed by atoms with E-state index >= 15 is 0 Å². The van der Waals surface area contributed by atoms with E-state index in [4.69, 9.17) is 0 Å². The van der Waals surface area contributed by atoms with Crippen LogP contribution in [0.15, 0.2) is 47.4 Å². The maximum Gasteiger partial charge on any atom is 0.271 e. The van der Waals surface area contributed by atoms with E-state index in [-0.39, 0.29) is 10.5 Å². The Bertz CT molecular complexity index is 985. The van der Waals surface area contributed by atoms with Crippen LogP contribution in [0.3, 0.4) is 0 Å². The third-order valence-corrected chi connectivity index (χ3v) is 5.47. The van der Waals surface area contributed by atoms with Crippen LogP contribution in [0, 0.1) is 10.1 Å². The summed E-state index contributed by atoms with van der Waals surface area (Å²) in [5, 5.41) is 11.2. The molecule has 8 heteroatoms. The maximum atomic E-state index is 13.1. The van der Waals surface area contributed by atoms with E-state index in [2.05, 4.69) is 0 Å². The van der Waals surface area contributed by atoms with Gasteiger partial charge in [-0.2, -0.15) is 0 Å². The summed E-state index contributed by atoms with van der Waals surface area (Å²) in [5.74, 6) is -0.437. The number of anilines is 1. The molecule has 26 heavy (non-hydrogen) atoms. The van der Waals surface area contributed by atoms with Crippen LogP contribution in [0.25, 0.3) is 0 Å². The highest BCUT2D eigenvalue weighted by Gasteiger charge is 2.25. The second kappa shape index (κ2) is 6.87. The van der Waals surface area contributed by atoms with Gasteiger partial charge in [-0.1, -0.05) is 18.2 Å². The number of carbonyl (C=O) groups excluding carboxylic acids is 1. The normalized spacial score (nSPS) is 14.4. The van der Waals surface area contributed by atoms with Gasteiger partial charge in [-0.15, -0.1) is 0 Å². The van der Waals surface area contributed by atoms with Crippen LogP contribution >= 0.6 is 0 Å². The predicted molar refractivity (Wildman–Crippen MR) is 97.3 cm³/mol. The number of fused-ring (bicyclic) bond motifs is 1. The van der Waals surface area contributed by atoms with Gasteiger partial charge in [0, 0.05) is 36.2 Å². The fourth-order valence-corrected chi connectivity index (χ4v) is 3.76. The lowest BCUT2D eigenvalue weighted by Gasteiger charge is -2.23. The van der Waals surface area contributed by atoms with Crippen molar-refractivity contribution in [1.82, 2.24) is 0 Å². The molecule has 1 aliphatic heterocycles. The Labute approximate surface area is 151 Å². The molecule has 0 spiro atoms. The number of hydrogen-bond donors (Lipinski definition) is 0. The molecule has 0 saturated heterocycles. The van der Waals surface area contributed by atoms with Gasteiger partial charge in [0.2, 0.25) is 0 Å². The number of aryl methyl sites for hydroxylation is 1. The zero-order valence-electron chi connectivity index (χ0n) is 14.2. The van der Waals surface area contributed by atoms with Crippen molar-refractivity contribution in [3.63, 3.8) is 0 Å². The van der Waals surface area contributed by atoms with E-state index in [1.165, 1.54) is 6.07 Å². The predicted octanol–water partition coefficient (Wildman–Crippen LogP) is 2.98. The molecule has 2 aromatic rings. The van der Waals surface area contributed by atoms with Gasteiger partial charge in [-0.3, -0.25) is 14.9 Å². The molecule has 0 atom stereocenters. The molecule has 3 rings (SSSR count).